The first-order chi connectivity index (χ1) is 20.1. The Bertz CT molecular complexity index is 1350. The summed E-state index contributed by atoms with van der Waals surface area (Å²) in [6, 6.07) is 11.4. The second-order valence-corrected chi connectivity index (χ2v) is 11.5. The number of nitrogens with zero attached hydrogens (tertiary/aromatic N) is 5. The molecule has 2 atom stereocenters. The number of piperidine rings is 1. The van der Waals surface area contributed by atoms with Crippen molar-refractivity contribution in [2.75, 3.05) is 31.1 Å². The molecule has 0 spiro atoms. The van der Waals surface area contributed by atoms with Gasteiger partial charge in [-0.25, -0.2) is 14.8 Å². The fraction of sp³-hybridized carbons (Fsp3) is 0.567. The van der Waals surface area contributed by atoms with Gasteiger partial charge in [0.2, 0.25) is 0 Å². The molecule has 1 amide bonds. The van der Waals surface area contributed by atoms with Crippen molar-refractivity contribution in [3.63, 3.8) is 0 Å². The summed E-state index contributed by atoms with van der Waals surface area (Å²) in [4.78, 5) is 24.1. The van der Waals surface area contributed by atoms with E-state index < -0.39 is 29.9 Å². The molecule has 228 valence electrons. The Labute approximate surface area is 242 Å². The minimum atomic E-state index is -4.13. The van der Waals surface area contributed by atoms with E-state index in [1.54, 1.807) is 0 Å². The molecule has 2 aromatic heterocycles. The number of carboxylic acid groups (broad SMARTS) is 1. The van der Waals surface area contributed by atoms with Gasteiger partial charge in [0.25, 0.3) is 0 Å². The highest BCUT2D eigenvalue weighted by atomic mass is 19.4. The number of benzene rings is 1. The van der Waals surface area contributed by atoms with E-state index in [4.69, 9.17) is 4.74 Å². The van der Waals surface area contributed by atoms with Gasteiger partial charge in [-0.3, -0.25) is 0 Å². The van der Waals surface area contributed by atoms with Gasteiger partial charge in [-0.1, -0.05) is 30.3 Å². The number of aliphatic hydroxyl groups is 1. The smallest absolute Gasteiger partial charge is 0.407 e. The minimum absolute atomic E-state index is 0.0400. The van der Waals surface area contributed by atoms with Crippen LogP contribution in [0.3, 0.4) is 0 Å². The molecule has 0 bridgehead atoms. The number of halogens is 3. The maximum absolute atomic E-state index is 13.1. The molecule has 2 fully saturated rings. The van der Waals surface area contributed by atoms with E-state index in [1.165, 1.54) is 11.2 Å². The second-order valence-electron chi connectivity index (χ2n) is 11.5. The molecule has 12 heteroatoms. The van der Waals surface area contributed by atoms with Crippen molar-refractivity contribution in [3.05, 3.63) is 54.5 Å². The average Bonchev–Trinajstić information content (AvgIpc) is 3.38. The molecule has 9 nitrogen and oxygen atoms in total. The van der Waals surface area contributed by atoms with Gasteiger partial charge in [0.05, 0.1) is 31.0 Å². The van der Waals surface area contributed by atoms with E-state index >= 15 is 0 Å². The van der Waals surface area contributed by atoms with Crippen LogP contribution >= 0.6 is 0 Å². The Hall–Kier alpha value is -3.38. The number of ether oxygens (including phenoxy) is 1. The lowest BCUT2D eigenvalue weighted by Gasteiger charge is -2.43. The summed E-state index contributed by atoms with van der Waals surface area (Å²) in [5, 5.41) is 22.2. The molecule has 1 aliphatic carbocycles. The zero-order chi connectivity index (χ0) is 29.9. The SMILES string of the molecule is CCN(CC1CCC(C(F)(F)F)CC1)c1ncnc2c1ccn2CC1(O)CCN(C(=O)O)CC1OCc1ccccc1. The molecular weight excluding hydrogens is 551 g/mol. The van der Waals surface area contributed by atoms with Crippen molar-refractivity contribution in [1.82, 2.24) is 19.4 Å². The van der Waals surface area contributed by atoms with Gasteiger partial charge in [-0.15, -0.1) is 0 Å². The topological polar surface area (TPSA) is 104 Å². The van der Waals surface area contributed by atoms with Crippen LogP contribution in [0.5, 0.6) is 0 Å². The maximum atomic E-state index is 13.1. The number of aromatic nitrogens is 3. The predicted octanol–water partition coefficient (Wildman–Crippen LogP) is 5.33. The zero-order valence-corrected chi connectivity index (χ0v) is 23.7. The quantitative estimate of drug-likeness (QED) is 0.348. The first kappa shape index (κ1) is 30.1. The van der Waals surface area contributed by atoms with Crippen molar-refractivity contribution in [2.45, 2.75) is 70.1 Å². The summed E-state index contributed by atoms with van der Waals surface area (Å²) >= 11 is 0. The molecule has 5 rings (SSSR count). The molecule has 1 aliphatic heterocycles. The molecule has 3 aromatic rings. The number of likely N-dealkylation sites (tertiary alicyclic amines) is 1. The van der Waals surface area contributed by atoms with E-state index in [0.717, 1.165) is 10.9 Å². The number of alkyl halides is 3. The second kappa shape index (κ2) is 12.5. The zero-order valence-electron chi connectivity index (χ0n) is 23.7. The normalized spacial score (nSPS) is 25.1. The summed E-state index contributed by atoms with van der Waals surface area (Å²) in [5.41, 5.74) is 0.192. The minimum Gasteiger partial charge on any atom is -0.465 e. The fourth-order valence-electron chi connectivity index (χ4n) is 6.30. The Morgan fingerprint density at radius 3 is 2.55 bits per heavy atom. The van der Waals surface area contributed by atoms with Crippen molar-refractivity contribution >= 4 is 22.9 Å². The number of rotatable bonds is 9. The van der Waals surface area contributed by atoms with Crippen LogP contribution < -0.4 is 4.90 Å². The van der Waals surface area contributed by atoms with Gasteiger partial charge in [0.1, 0.15) is 29.5 Å². The lowest BCUT2D eigenvalue weighted by Crippen LogP contribution is -2.59. The summed E-state index contributed by atoms with van der Waals surface area (Å²) in [6.45, 7) is 3.85. The van der Waals surface area contributed by atoms with Gasteiger partial charge in [-0.05, 0) is 56.6 Å². The third-order valence-corrected chi connectivity index (χ3v) is 8.81. The third-order valence-electron chi connectivity index (χ3n) is 8.81. The van der Waals surface area contributed by atoms with Crippen LogP contribution in [-0.4, -0.2) is 79.8 Å². The highest BCUT2D eigenvalue weighted by Crippen LogP contribution is 2.40. The molecule has 1 aromatic carbocycles. The molecule has 2 unspecified atom stereocenters. The lowest BCUT2D eigenvalue weighted by atomic mass is 9.81. The molecule has 1 saturated carbocycles. The highest BCUT2D eigenvalue weighted by Gasteiger charge is 2.45. The molecule has 2 N–H and O–H groups in total. The molecule has 3 heterocycles. The fourth-order valence-corrected chi connectivity index (χ4v) is 6.30. The average molecular weight is 590 g/mol. The monoisotopic (exact) mass is 589 g/mol. The number of hydrogen-bond acceptors (Lipinski definition) is 6. The van der Waals surface area contributed by atoms with Crippen LogP contribution in [0.15, 0.2) is 48.9 Å². The van der Waals surface area contributed by atoms with Crippen molar-refractivity contribution in [3.8, 4) is 0 Å². The predicted molar refractivity (Wildman–Crippen MR) is 151 cm³/mol. The summed E-state index contributed by atoms with van der Waals surface area (Å²) in [5.74, 6) is -0.348. The number of carbonyl (C=O) groups is 1. The van der Waals surface area contributed by atoms with E-state index in [9.17, 15) is 28.2 Å². The van der Waals surface area contributed by atoms with E-state index in [0.29, 0.717) is 37.4 Å². The summed E-state index contributed by atoms with van der Waals surface area (Å²) in [7, 11) is 0. The van der Waals surface area contributed by atoms with Gasteiger partial charge < -0.3 is 29.3 Å². The third kappa shape index (κ3) is 6.64. The number of amides is 1. The van der Waals surface area contributed by atoms with Crippen LogP contribution in [0.2, 0.25) is 0 Å². The maximum Gasteiger partial charge on any atom is 0.407 e. The van der Waals surface area contributed by atoms with Gasteiger partial charge >= 0.3 is 12.3 Å². The number of anilines is 1. The van der Waals surface area contributed by atoms with Crippen molar-refractivity contribution in [2.24, 2.45) is 11.8 Å². The van der Waals surface area contributed by atoms with Gasteiger partial charge in [-0.2, -0.15) is 13.2 Å². The van der Waals surface area contributed by atoms with E-state index in [-0.39, 0.29) is 51.4 Å². The van der Waals surface area contributed by atoms with Crippen LogP contribution in [0.25, 0.3) is 11.0 Å². The molecule has 42 heavy (non-hydrogen) atoms. The lowest BCUT2D eigenvalue weighted by molar-refractivity contribution is -0.183. The molecule has 1 saturated heterocycles. The van der Waals surface area contributed by atoms with Gasteiger partial charge in [0, 0.05) is 25.8 Å². The summed E-state index contributed by atoms with van der Waals surface area (Å²) < 4.78 is 47.4. The van der Waals surface area contributed by atoms with E-state index in [1.807, 2.05) is 54.1 Å². The Balaban J connectivity index is 1.33. The van der Waals surface area contributed by atoms with Crippen molar-refractivity contribution in [1.29, 1.82) is 0 Å². The standard InChI is InChI=1S/C30H38F3N5O4/c1-2-36(16-21-8-10-23(11-9-21)30(31,32)33)26-24-12-14-38(27(24)35-20-34-26)19-29(41)13-15-37(28(39)40)17-25(29)42-18-22-6-4-3-5-7-22/h3-7,12,14,20-21,23,25,41H,2,8-11,13,15-19H2,1H3,(H,39,40). The van der Waals surface area contributed by atoms with Crippen LogP contribution in [0.4, 0.5) is 23.8 Å². The first-order valence-electron chi connectivity index (χ1n) is 14.5. The van der Waals surface area contributed by atoms with Crippen LogP contribution in [0, 0.1) is 11.8 Å². The van der Waals surface area contributed by atoms with Gasteiger partial charge in [0.15, 0.2) is 0 Å². The Morgan fingerprint density at radius 2 is 1.88 bits per heavy atom. The van der Waals surface area contributed by atoms with E-state index in [2.05, 4.69) is 14.9 Å². The molecular formula is C30H38F3N5O4. The number of fused-ring (bicyclic) bond motifs is 1. The number of hydrogen-bond donors (Lipinski definition) is 2. The Kier molecular flexibility index (Phi) is 8.93. The Morgan fingerprint density at radius 1 is 1.14 bits per heavy atom. The van der Waals surface area contributed by atoms with Crippen LogP contribution in [-0.2, 0) is 17.9 Å². The largest absolute Gasteiger partial charge is 0.465 e. The first-order valence-corrected chi connectivity index (χ1v) is 14.5. The van der Waals surface area contributed by atoms with Crippen molar-refractivity contribution < 1.29 is 32.9 Å². The summed E-state index contributed by atoms with van der Waals surface area (Å²) in [6.07, 6.45) is -1.07. The highest BCUT2D eigenvalue weighted by molar-refractivity contribution is 5.87. The van der Waals surface area contributed by atoms with Crippen LogP contribution in [0.1, 0.15) is 44.6 Å². The molecule has 0 radical (unpaired) electrons. The molecule has 2 aliphatic rings.